The van der Waals surface area contributed by atoms with Crippen LogP contribution < -0.4 is 5.32 Å². The molecule has 0 aromatic carbocycles. The number of carbonyl (C=O) groups is 1. The fraction of sp³-hybridized carbons (Fsp3) is 0.820. The first-order valence-electron chi connectivity index (χ1n) is 24.4. The van der Waals surface area contributed by atoms with Crippen LogP contribution in [0.3, 0.4) is 0 Å². The van der Waals surface area contributed by atoms with Crippen LogP contribution in [0.5, 0.6) is 0 Å². The second-order valence-corrected chi connectivity index (χ2v) is 16.9. The zero-order valence-corrected chi connectivity index (χ0v) is 37.7. The van der Waals surface area contributed by atoms with Crippen LogP contribution in [0.25, 0.3) is 0 Å². The van der Waals surface area contributed by atoms with Crippen LogP contribution in [0.2, 0.25) is 0 Å². The van der Waals surface area contributed by atoms with Crippen molar-refractivity contribution in [1.29, 1.82) is 0 Å². The van der Waals surface area contributed by atoms with Crippen molar-refractivity contribution in [3.05, 3.63) is 48.6 Å². The quantitative estimate of drug-likeness (QED) is 0.0264. The van der Waals surface area contributed by atoms with E-state index in [9.17, 15) is 30.3 Å². The summed E-state index contributed by atoms with van der Waals surface area (Å²) in [5, 5.41) is 54.1. The third-order valence-electron chi connectivity index (χ3n) is 11.4. The van der Waals surface area contributed by atoms with E-state index in [0.29, 0.717) is 6.42 Å². The van der Waals surface area contributed by atoms with Gasteiger partial charge in [-0.2, -0.15) is 0 Å². The number of allylic oxidation sites excluding steroid dienone is 7. The normalized spacial score (nSPS) is 21.1. The maximum atomic E-state index is 12.9. The van der Waals surface area contributed by atoms with Gasteiger partial charge in [0.05, 0.1) is 25.4 Å². The second kappa shape index (κ2) is 40.2. The predicted octanol–water partition coefficient (Wildman–Crippen LogP) is 10.6. The molecule has 59 heavy (non-hydrogen) atoms. The van der Waals surface area contributed by atoms with Crippen LogP contribution in [-0.2, 0) is 14.3 Å². The molecule has 344 valence electrons. The molecule has 0 aromatic rings. The molecule has 9 heteroatoms. The number of aliphatic hydroxyl groups is 5. The number of nitrogens with one attached hydrogen (secondary N) is 1. The summed E-state index contributed by atoms with van der Waals surface area (Å²) in [6.45, 7) is 3.70. The molecular formula is C50H91NO8. The van der Waals surface area contributed by atoms with Crippen molar-refractivity contribution in [3.8, 4) is 0 Å². The van der Waals surface area contributed by atoms with E-state index in [0.717, 1.165) is 70.6 Å². The van der Waals surface area contributed by atoms with Gasteiger partial charge in [-0.15, -0.1) is 0 Å². The Morgan fingerprint density at radius 3 is 1.47 bits per heavy atom. The third-order valence-corrected chi connectivity index (χ3v) is 11.4. The fourth-order valence-electron chi connectivity index (χ4n) is 7.40. The molecule has 6 N–H and O–H groups in total. The number of unbranched alkanes of at least 4 members (excludes halogenated alkanes) is 24. The smallest absolute Gasteiger partial charge is 0.220 e. The molecule has 9 nitrogen and oxygen atoms in total. The number of aliphatic hydroxyl groups excluding tert-OH is 5. The van der Waals surface area contributed by atoms with Gasteiger partial charge < -0.3 is 40.3 Å². The van der Waals surface area contributed by atoms with Crippen molar-refractivity contribution in [3.63, 3.8) is 0 Å². The Bertz CT molecular complexity index is 1060. The van der Waals surface area contributed by atoms with Crippen molar-refractivity contribution >= 4 is 5.91 Å². The molecule has 7 atom stereocenters. The highest BCUT2D eigenvalue weighted by molar-refractivity contribution is 5.76. The molecule has 1 aliphatic heterocycles. The minimum Gasteiger partial charge on any atom is -0.394 e. The van der Waals surface area contributed by atoms with E-state index in [-0.39, 0.29) is 12.5 Å². The molecule has 1 fully saturated rings. The van der Waals surface area contributed by atoms with Gasteiger partial charge in [-0.1, -0.05) is 184 Å². The van der Waals surface area contributed by atoms with Gasteiger partial charge in [0.1, 0.15) is 24.4 Å². The van der Waals surface area contributed by atoms with E-state index in [1.807, 2.05) is 6.08 Å². The Kier molecular flexibility index (Phi) is 37.6. The number of hydrogen-bond acceptors (Lipinski definition) is 8. The molecule has 0 bridgehead atoms. The summed E-state index contributed by atoms with van der Waals surface area (Å²) in [5.41, 5.74) is 0. The van der Waals surface area contributed by atoms with E-state index < -0.39 is 49.5 Å². The van der Waals surface area contributed by atoms with E-state index in [1.165, 1.54) is 116 Å². The van der Waals surface area contributed by atoms with Gasteiger partial charge in [0.15, 0.2) is 6.29 Å². The predicted molar refractivity (Wildman–Crippen MR) is 244 cm³/mol. The lowest BCUT2D eigenvalue weighted by molar-refractivity contribution is -0.302. The summed E-state index contributed by atoms with van der Waals surface area (Å²) in [7, 11) is 0. The van der Waals surface area contributed by atoms with Gasteiger partial charge in [-0.25, -0.2) is 0 Å². The number of amides is 1. The van der Waals surface area contributed by atoms with E-state index in [2.05, 4.69) is 55.6 Å². The highest BCUT2D eigenvalue weighted by Gasteiger charge is 2.44. The number of carbonyl (C=O) groups excluding carboxylic acids is 1. The Hall–Kier alpha value is -1.85. The molecule has 0 spiro atoms. The molecular weight excluding hydrogens is 743 g/mol. The summed E-state index contributed by atoms with van der Waals surface area (Å²) in [4.78, 5) is 12.9. The van der Waals surface area contributed by atoms with Crippen LogP contribution in [0.1, 0.15) is 206 Å². The maximum Gasteiger partial charge on any atom is 0.220 e. The fourth-order valence-corrected chi connectivity index (χ4v) is 7.40. The van der Waals surface area contributed by atoms with E-state index >= 15 is 0 Å². The topological polar surface area (TPSA) is 149 Å². The minimum absolute atomic E-state index is 0.203. The molecule has 0 saturated carbocycles. The monoisotopic (exact) mass is 834 g/mol. The Labute approximate surface area is 361 Å². The van der Waals surface area contributed by atoms with Gasteiger partial charge in [-0.3, -0.25) is 4.79 Å². The minimum atomic E-state index is -1.58. The zero-order chi connectivity index (χ0) is 43.0. The van der Waals surface area contributed by atoms with Crippen LogP contribution in [0, 0.1) is 0 Å². The van der Waals surface area contributed by atoms with Gasteiger partial charge in [0.25, 0.3) is 0 Å². The van der Waals surface area contributed by atoms with Gasteiger partial charge in [-0.05, 0) is 64.2 Å². The molecule has 1 heterocycles. The molecule has 0 aliphatic carbocycles. The first kappa shape index (κ1) is 55.2. The standard InChI is InChI=1S/C50H91NO8/c1-3-5-7-9-11-13-15-16-17-18-19-20-21-22-23-24-25-26-27-28-30-31-33-35-37-39-44(53)43(42-58-50-49(57)48(56)47(55)45(41-52)59-50)51-46(54)40-38-36-34-32-29-14-12-10-8-6-4-2/h10,12,25-26,30-31,37,39,43-45,47-50,52-53,55-57H,3-9,11,13-24,27-29,32-36,38,40-42H2,1-2H3,(H,51,54)/b12-10-,26-25+,31-30+,39-37+. The lowest BCUT2D eigenvalue weighted by Crippen LogP contribution is -2.60. The average molecular weight is 834 g/mol. The van der Waals surface area contributed by atoms with Crippen molar-refractivity contribution in [2.24, 2.45) is 0 Å². The van der Waals surface area contributed by atoms with Crippen LogP contribution in [0.4, 0.5) is 0 Å². The summed E-state index contributed by atoms with van der Waals surface area (Å²) in [6, 6.07) is -0.831. The molecule has 1 aliphatic rings. The first-order valence-corrected chi connectivity index (χ1v) is 24.4. The van der Waals surface area contributed by atoms with Crippen LogP contribution in [0.15, 0.2) is 48.6 Å². The lowest BCUT2D eigenvalue weighted by atomic mass is 9.99. The Morgan fingerprint density at radius 2 is 0.983 bits per heavy atom. The van der Waals surface area contributed by atoms with Crippen molar-refractivity contribution in [2.75, 3.05) is 13.2 Å². The van der Waals surface area contributed by atoms with Crippen molar-refractivity contribution in [1.82, 2.24) is 5.32 Å². The molecule has 0 aromatic heterocycles. The SMILES string of the molecule is CCCC/C=C\CCCCCCCC(=O)NC(COC1OC(CO)C(O)C(O)C1O)C(O)/C=C/CC/C=C/CC/C=C/CCCCCCCCCCCCCCCCC. The summed E-state index contributed by atoms with van der Waals surface area (Å²) in [6.07, 6.45) is 44.6. The lowest BCUT2D eigenvalue weighted by Gasteiger charge is -2.40. The summed E-state index contributed by atoms with van der Waals surface area (Å²) >= 11 is 0. The van der Waals surface area contributed by atoms with E-state index in [4.69, 9.17) is 9.47 Å². The molecule has 7 unspecified atom stereocenters. The Morgan fingerprint density at radius 1 is 0.559 bits per heavy atom. The molecule has 1 amide bonds. The van der Waals surface area contributed by atoms with Crippen molar-refractivity contribution < 1.29 is 39.8 Å². The van der Waals surface area contributed by atoms with Crippen molar-refractivity contribution in [2.45, 2.75) is 249 Å². The number of hydrogen-bond donors (Lipinski definition) is 6. The second-order valence-electron chi connectivity index (χ2n) is 16.9. The molecule has 0 radical (unpaired) electrons. The van der Waals surface area contributed by atoms with Gasteiger partial charge in [0, 0.05) is 6.42 Å². The van der Waals surface area contributed by atoms with Gasteiger partial charge in [0.2, 0.25) is 5.91 Å². The van der Waals surface area contributed by atoms with Crippen LogP contribution in [-0.4, -0.2) is 87.5 Å². The number of rotatable bonds is 40. The highest BCUT2D eigenvalue weighted by Crippen LogP contribution is 2.22. The van der Waals surface area contributed by atoms with Gasteiger partial charge >= 0.3 is 0 Å². The zero-order valence-electron chi connectivity index (χ0n) is 37.7. The maximum absolute atomic E-state index is 12.9. The third kappa shape index (κ3) is 30.8. The highest BCUT2D eigenvalue weighted by atomic mass is 16.7. The summed E-state index contributed by atoms with van der Waals surface area (Å²) < 4.78 is 11.2. The molecule has 1 rings (SSSR count). The largest absolute Gasteiger partial charge is 0.394 e. The van der Waals surface area contributed by atoms with E-state index in [1.54, 1.807) is 6.08 Å². The van der Waals surface area contributed by atoms with Crippen LogP contribution >= 0.6 is 0 Å². The average Bonchev–Trinajstić information content (AvgIpc) is 3.23. The molecule has 1 saturated heterocycles. The number of ether oxygens (including phenoxy) is 2. The first-order chi connectivity index (χ1) is 28.8. The summed E-state index contributed by atoms with van der Waals surface area (Å²) in [5.74, 6) is -0.203. The Balaban J connectivity index is 2.31.